The molecule has 0 saturated carbocycles. The van der Waals surface area contributed by atoms with Crippen LogP contribution in [0.2, 0.25) is 0 Å². The Bertz CT molecular complexity index is 1310. The highest BCUT2D eigenvalue weighted by Crippen LogP contribution is 2.30. The van der Waals surface area contributed by atoms with E-state index < -0.39 is 24.6 Å². The highest BCUT2D eigenvalue weighted by Gasteiger charge is 2.30. The van der Waals surface area contributed by atoms with Gasteiger partial charge in [-0.25, -0.2) is 0 Å². The van der Waals surface area contributed by atoms with Gasteiger partial charge in [0.15, 0.2) is 23.1 Å². The number of alkyl halides is 3. The molecule has 37 heavy (non-hydrogen) atoms. The minimum atomic E-state index is -4.42. The Hall–Kier alpha value is -3.67. The molecule has 0 aliphatic heterocycles. The van der Waals surface area contributed by atoms with Crippen molar-refractivity contribution in [1.29, 1.82) is 0 Å². The summed E-state index contributed by atoms with van der Waals surface area (Å²) in [5, 5.41) is 17.3. The van der Waals surface area contributed by atoms with Crippen molar-refractivity contribution in [3.05, 3.63) is 106 Å². The number of ketones is 4. The van der Waals surface area contributed by atoms with Gasteiger partial charge in [0.05, 0.1) is 10.0 Å². The molecule has 0 atom stereocenters. The Morgan fingerprint density at radius 3 is 1.70 bits per heavy atom. The van der Waals surface area contributed by atoms with Crippen molar-refractivity contribution in [3.63, 3.8) is 0 Å². The van der Waals surface area contributed by atoms with Crippen LogP contribution >= 0.6 is 15.9 Å². The average molecular weight is 575 g/mol. The number of halogens is 4. The third kappa shape index (κ3) is 9.38. The normalized spacial score (nSPS) is 14.7. The van der Waals surface area contributed by atoms with Crippen molar-refractivity contribution in [2.24, 2.45) is 0 Å². The predicted molar refractivity (Wildman–Crippen MR) is 136 cm³/mol. The molecule has 2 aliphatic carbocycles. The van der Waals surface area contributed by atoms with Crippen molar-refractivity contribution in [2.75, 3.05) is 0 Å². The number of rotatable bonds is 2. The summed E-state index contributed by atoms with van der Waals surface area (Å²) in [6.07, 6.45) is 2.66. The second-order valence-corrected chi connectivity index (χ2v) is 8.46. The first kappa shape index (κ1) is 29.6. The van der Waals surface area contributed by atoms with Gasteiger partial charge in [0, 0.05) is 11.6 Å². The molecule has 0 fully saturated rings. The van der Waals surface area contributed by atoms with Crippen molar-refractivity contribution < 1.29 is 42.4 Å². The van der Waals surface area contributed by atoms with E-state index in [0.29, 0.717) is 15.5 Å². The van der Waals surface area contributed by atoms with Crippen LogP contribution in [0.1, 0.15) is 16.7 Å². The first-order chi connectivity index (χ1) is 17.3. The molecule has 0 heterocycles. The van der Waals surface area contributed by atoms with Gasteiger partial charge in [0.25, 0.3) is 0 Å². The highest BCUT2D eigenvalue weighted by atomic mass is 79.9. The van der Waals surface area contributed by atoms with E-state index in [-0.39, 0.29) is 22.9 Å². The predicted octanol–water partition coefficient (Wildman–Crippen LogP) is 3.44. The largest absolute Gasteiger partial charge is 0.488 e. The minimum absolute atomic E-state index is 0.108. The maximum absolute atomic E-state index is 12.4. The van der Waals surface area contributed by atoms with Gasteiger partial charge in [-0.1, -0.05) is 42.0 Å². The molecule has 0 amide bonds. The zero-order valence-corrected chi connectivity index (χ0v) is 20.8. The zero-order valence-electron chi connectivity index (χ0n) is 19.2. The summed E-state index contributed by atoms with van der Waals surface area (Å²) in [6, 6.07) is 11.2. The van der Waals surface area contributed by atoms with Gasteiger partial charge in [-0.2, -0.15) is 13.2 Å². The number of hydrogen-bond donors (Lipinski definition) is 2. The van der Waals surface area contributed by atoms with Crippen LogP contribution in [0.25, 0.3) is 5.57 Å². The van der Waals surface area contributed by atoms with Crippen LogP contribution in [0, 0.1) is 6.92 Å². The van der Waals surface area contributed by atoms with Gasteiger partial charge in [-0.3, -0.25) is 19.2 Å². The number of aryl methyl sites for hydroxylation is 1. The van der Waals surface area contributed by atoms with Crippen LogP contribution in [-0.4, -0.2) is 40.3 Å². The van der Waals surface area contributed by atoms with E-state index >= 15 is 0 Å². The third-order valence-corrected chi connectivity index (χ3v) is 5.37. The number of allylic oxidation sites excluding steroid dienone is 8. The molecule has 2 aliphatic rings. The lowest BCUT2D eigenvalue weighted by atomic mass is 9.80. The van der Waals surface area contributed by atoms with Crippen LogP contribution in [0.15, 0.2) is 89.5 Å². The molecule has 0 radical (unpaired) electrons. The molecule has 2 aromatic rings. The second-order valence-electron chi connectivity index (χ2n) is 7.61. The Morgan fingerprint density at radius 1 is 0.730 bits per heavy atom. The van der Waals surface area contributed by atoms with E-state index in [1.807, 2.05) is 19.1 Å². The number of carbonyl (C=O) groups excluding carboxylic acids is 4. The topological polar surface area (TPSA) is 109 Å². The molecule has 0 saturated heterocycles. The van der Waals surface area contributed by atoms with E-state index in [4.69, 9.17) is 10.0 Å². The van der Waals surface area contributed by atoms with Crippen LogP contribution in [0.4, 0.5) is 13.2 Å². The van der Waals surface area contributed by atoms with E-state index in [1.165, 1.54) is 30.4 Å². The van der Waals surface area contributed by atoms with Gasteiger partial charge in [0.2, 0.25) is 0 Å². The Labute approximate surface area is 218 Å². The molecule has 4 rings (SSSR count). The summed E-state index contributed by atoms with van der Waals surface area (Å²) >= 11 is 2.93. The first-order valence-corrected chi connectivity index (χ1v) is 11.3. The quantitative estimate of drug-likeness (QED) is 0.420. The highest BCUT2D eigenvalue weighted by molar-refractivity contribution is 9.12. The first-order valence-electron chi connectivity index (χ1n) is 10.5. The maximum atomic E-state index is 12.4. The number of benzene rings is 2. The lowest BCUT2D eigenvalue weighted by molar-refractivity contribution is -0.137. The minimum Gasteiger partial charge on any atom is -0.423 e. The Balaban J connectivity index is 0.000000214. The molecule has 11 heteroatoms. The van der Waals surface area contributed by atoms with Crippen LogP contribution in [0.5, 0.6) is 0 Å². The smallest absolute Gasteiger partial charge is 0.423 e. The van der Waals surface area contributed by atoms with Gasteiger partial charge in [-0.15, -0.1) is 0 Å². The van der Waals surface area contributed by atoms with Crippen LogP contribution < -0.4 is 5.46 Å². The van der Waals surface area contributed by atoms with E-state index in [2.05, 4.69) is 15.9 Å². The molecule has 2 aromatic carbocycles. The fourth-order valence-corrected chi connectivity index (χ4v) is 3.15. The molecule has 2 N–H and O–H groups in total. The number of hydrogen-bond acceptors (Lipinski definition) is 6. The second kappa shape index (κ2) is 13.0. The molecule has 190 valence electrons. The molecule has 6 nitrogen and oxygen atoms in total. The van der Waals surface area contributed by atoms with Crippen molar-refractivity contribution in [3.8, 4) is 0 Å². The lowest BCUT2D eigenvalue weighted by Crippen LogP contribution is -2.29. The van der Waals surface area contributed by atoms with Crippen LogP contribution in [0.3, 0.4) is 0 Å². The SMILES string of the molecule is Cc1ccc(B(O)O)cc1.O=C1C=CC(=O)C(Br)=C1.O=C1C=CC(=O)C(c2ccc(C(F)(F)F)cc2)=C1. The van der Waals surface area contributed by atoms with Gasteiger partial charge >= 0.3 is 13.3 Å². The Morgan fingerprint density at radius 2 is 1.24 bits per heavy atom. The summed E-state index contributed by atoms with van der Waals surface area (Å²) in [7, 11) is -1.35. The monoisotopic (exact) mass is 574 g/mol. The lowest BCUT2D eigenvalue weighted by Gasteiger charge is -2.09. The average Bonchev–Trinajstić information content (AvgIpc) is 2.84. The molecule has 0 bridgehead atoms. The molecule has 0 unspecified atom stereocenters. The number of carbonyl (C=O) groups is 4. The van der Waals surface area contributed by atoms with Crippen LogP contribution in [-0.2, 0) is 25.4 Å². The molecular formula is C26H19BBrF3O6. The van der Waals surface area contributed by atoms with Crippen molar-refractivity contribution >= 4 is 57.2 Å². The fraction of sp³-hybridized carbons (Fsp3) is 0.0769. The van der Waals surface area contributed by atoms with Gasteiger partial charge in [0.1, 0.15) is 0 Å². The van der Waals surface area contributed by atoms with E-state index in [0.717, 1.165) is 35.9 Å². The third-order valence-electron chi connectivity index (χ3n) is 4.75. The Kier molecular flexibility index (Phi) is 10.4. The summed E-state index contributed by atoms with van der Waals surface area (Å²) in [5.41, 5.74) is 1.26. The molecular weight excluding hydrogens is 556 g/mol. The summed E-state index contributed by atoms with van der Waals surface area (Å²) in [6.45, 7) is 1.95. The zero-order chi connectivity index (χ0) is 27.8. The van der Waals surface area contributed by atoms with E-state index in [9.17, 15) is 32.3 Å². The van der Waals surface area contributed by atoms with Gasteiger partial charge < -0.3 is 10.0 Å². The standard InChI is InChI=1S/C13H7F3O2.C7H9BO2.C6H3BrO2/c14-13(15,16)9-3-1-8(2-4-9)11-7-10(17)5-6-12(11)18;1-6-2-4-7(5-3-6)8(9)10;7-5-3-4(8)1-2-6(5)9/h1-7H;2-5,9-10H,1H3;1-3H. The van der Waals surface area contributed by atoms with Crippen molar-refractivity contribution in [1.82, 2.24) is 0 Å². The molecule has 0 aromatic heterocycles. The summed E-state index contributed by atoms with van der Waals surface area (Å²) in [4.78, 5) is 43.7. The van der Waals surface area contributed by atoms with Gasteiger partial charge in [-0.05, 0) is 76.4 Å². The van der Waals surface area contributed by atoms with E-state index in [1.54, 1.807) is 12.1 Å². The molecule has 0 spiro atoms. The maximum Gasteiger partial charge on any atom is 0.488 e. The summed E-state index contributed by atoms with van der Waals surface area (Å²) < 4.78 is 37.4. The van der Waals surface area contributed by atoms with Crippen molar-refractivity contribution in [2.45, 2.75) is 13.1 Å². The fourth-order valence-electron chi connectivity index (χ4n) is 2.79. The summed E-state index contributed by atoms with van der Waals surface area (Å²) in [5.74, 6) is -1.06.